The first-order valence-electron chi connectivity index (χ1n) is 6.07. The van der Waals surface area contributed by atoms with Gasteiger partial charge in [0, 0.05) is 14.1 Å². The lowest BCUT2D eigenvalue weighted by Crippen LogP contribution is -2.58. The Hall–Kier alpha value is -1.92. The first-order chi connectivity index (χ1) is 9.27. The van der Waals surface area contributed by atoms with E-state index in [1.165, 1.54) is 17.0 Å². The number of benzene rings is 1. The van der Waals surface area contributed by atoms with Crippen molar-refractivity contribution < 1.29 is 22.7 Å². The summed E-state index contributed by atoms with van der Waals surface area (Å²) in [5, 5.41) is 0. The molecule has 0 bridgehead atoms. The number of rotatable bonds is 2. The van der Waals surface area contributed by atoms with Gasteiger partial charge in [0.2, 0.25) is 0 Å². The van der Waals surface area contributed by atoms with Crippen LogP contribution in [0.4, 0.5) is 18.0 Å². The summed E-state index contributed by atoms with van der Waals surface area (Å²) in [6.45, 7) is 0.764. The van der Waals surface area contributed by atoms with Crippen LogP contribution in [0.3, 0.4) is 0 Å². The average Bonchev–Trinajstić information content (AvgIpc) is 2.31. The van der Waals surface area contributed by atoms with Crippen LogP contribution >= 0.6 is 0 Å². The zero-order valence-corrected chi connectivity index (χ0v) is 11.1. The van der Waals surface area contributed by atoms with Crippen molar-refractivity contribution in [2.24, 2.45) is 0 Å². The Balaban J connectivity index is 1.92. The van der Waals surface area contributed by atoms with Crippen molar-refractivity contribution in [2.45, 2.75) is 12.3 Å². The summed E-state index contributed by atoms with van der Waals surface area (Å²) in [5.41, 5.74) is -0.740. The van der Waals surface area contributed by atoms with Gasteiger partial charge in [-0.1, -0.05) is 6.07 Å². The molecule has 0 radical (unpaired) electrons. The van der Waals surface area contributed by atoms with Crippen LogP contribution in [0.25, 0.3) is 0 Å². The van der Waals surface area contributed by atoms with Gasteiger partial charge < -0.3 is 14.5 Å². The highest BCUT2D eigenvalue weighted by atomic mass is 19.4. The average molecular weight is 288 g/mol. The molecular weight excluding hydrogens is 273 g/mol. The van der Waals surface area contributed by atoms with Gasteiger partial charge in [-0.15, -0.1) is 0 Å². The molecule has 0 aromatic heterocycles. The molecule has 0 N–H and O–H groups in total. The van der Waals surface area contributed by atoms with E-state index in [2.05, 4.69) is 0 Å². The molecule has 0 spiro atoms. The number of nitrogens with zero attached hydrogens (tertiary/aromatic N) is 2. The highest BCUT2D eigenvalue weighted by molar-refractivity contribution is 5.74. The summed E-state index contributed by atoms with van der Waals surface area (Å²) in [5.74, 6) is 0.168. The molecule has 1 aromatic carbocycles. The topological polar surface area (TPSA) is 32.8 Å². The number of hydrogen-bond acceptors (Lipinski definition) is 2. The fraction of sp³-hybridized carbons (Fsp3) is 0.462. The van der Waals surface area contributed by atoms with Crippen LogP contribution in [-0.2, 0) is 6.18 Å². The zero-order valence-electron chi connectivity index (χ0n) is 11.1. The number of ether oxygens (including phenoxy) is 1. The largest absolute Gasteiger partial charge is 0.487 e. The van der Waals surface area contributed by atoms with Crippen molar-refractivity contribution in [3.05, 3.63) is 29.8 Å². The quantitative estimate of drug-likeness (QED) is 0.837. The van der Waals surface area contributed by atoms with Gasteiger partial charge in [0.25, 0.3) is 0 Å². The van der Waals surface area contributed by atoms with Gasteiger partial charge in [-0.05, 0) is 18.2 Å². The maximum atomic E-state index is 12.5. The number of carbonyl (C=O) groups excluding carboxylic acids is 1. The molecule has 0 saturated carbocycles. The monoisotopic (exact) mass is 288 g/mol. The second kappa shape index (κ2) is 5.22. The molecule has 0 atom stereocenters. The van der Waals surface area contributed by atoms with E-state index in [0.717, 1.165) is 12.1 Å². The summed E-state index contributed by atoms with van der Waals surface area (Å²) in [4.78, 5) is 14.6. The van der Waals surface area contributed by atoms with Crippen LogP contribution in [0, 0.1) is 0 Å². The van der Waals surface area contributed by atoms with E-state index in [4.69, 9.17) is 4.74 Å². The minimum absolute atomic E-state index is 0.131. The Morgan fingerprint density at radius 3 is 2.55 bits per heavy atom. The van der Waals surface area contributed by atoms with Crippen LogP contribution in [-0.4, -0.2) is 49.1 Å². The Bertz CT molecular complexity index is 497. The van der Waals surface area contributed by atoms with Crippen LogP contribution in [0.2, 0.25) is 0 Å². The minimum Gasteiger partial charge on any atom is -0.487 e. The summed E-state index contributed by atoms with van der Waals surface area (Å²) < 4.78 is 43.1. The van der Waals surface area contributed by atoms with Crippen LogP contribution in [0.15, 0.2) is 24.3 Å². The number of hydrogen-bond donors (Lipinski definition) is 0. The SMILES string of the molecule is CN(C)C(=O)N1CC(Oc2cccc(C(F)(F)F)c2)C1. The van der Waals surface area contributed by atoms with Gasteiger partial charge >= 0.3 is 12.2 Å². The Morgan fingerprint density at radius 2 is 2.00 bits per heavy atom. The van der Waals surface area contributed by atoms with Crippen molar-refractivity contribution in [2.75, 3.05) is 27.2 Å². The van der Waals surface area contributed by atoms with Gasteiger partial charge in [-0.3, -0.25) is 0 Å². The highest BCUT2D eigenvalue weighted by Gasteiger charge is 2.34. The van der Waals surface area contributed by atoms with Crippen molar-refractivity contribution >= 4 is 6.03 Å². The van der Waals surface area contributed by atoms with E-state index in [-0.39, 0.29) is 17.9 Å². The highest BCUT2D eigenvalue weighted by Crippen LogP contribution is 2.31. The van der Waals surface area contributed by atoms with Gasteiger partial charge in [-0.25, -0.2) is 4.79 Å². The smallest absolute Gasteiger partial charge is 0.416 e. The third-order valence-corrected chi connectivity index (χ3v) is 2.97. The third kappa shape index (κ3) is 3.15. The van der Waals surface area contributed by atoms with Crippen molar-refractivity contribution in [1.82, 2.24) is 9.80 Å². The van der Waals surface area contributed by atoms with Crippen LogP contribution in [0.5, 0.6) is 5.75 Å². The Morgan fingerprint density at radius 1 is 1.35 bits per heavy atom. The van der Waals surface area contributed by atoms with E-state index in [1.807, 2.05) is 0 Å². The lowest BCUT2D eigenvalue weighted by atomic mass is 10.1. The normalized spacial score (nSPS) is 15.8. The summed E-state index contributed by atoms with van der Waals surface area (Å²) >= 11 is 0. The first-order valence-corrected chi connectivity index (χ1v) is 6.07. The second-order valence-electron chi connectivity index (χ2n) is 4.85. The molecule has 1 saturated heterocycles. The van der Waals surface area contributed by atoms with Crippen LogP contribution < -0.4 is 4.74 Å². The molecular formula is C13H15F3N2O2. The lowest BCUT2D eigenvalue weighted by Gasteiger charge is -2.40. The molecule has 1 aliphatic heterocycles. The van der Waals surface area contributed by atoms with E-state index in [9.17, 15) is 18.0 Å². The number of alkyl halides is 3. The number of halogens is 3. The number of urea groups is 1. The molecule has 1 aromatic rings. The molecule has 2 amide bonds. The fourth-order valence-corrected chi connectivity index (χ4v) is 1.89. The molecule has 1 fully saturated rings. The number of carbonyl (C=O) groups is 1. The molecule has 7 heteroatoms. The predicted molar refractivity (Wildman–Crippen MR) is 66.5 cm³/mol. The van der Waals surface area contributed by atoms with Crippen LogP contribution in [0.1, 0.15) is 5.56 Å². The zero-order chi connectivity index (χ0) is 14.9. The van der Waals surface area contributed by atoms with E-state index >= 15 is 0 Å². The summed E-state index contributed by atoms with van der Waals surface area (Å²) in [6, 6.07) is 4.62. The third-order valence-electron chi connectivity index (χ3n) is 2.97. The maximum absolute atomic E-state index is 12.5. The first kappa shape index (κ1) is 14.5. The summed E-state index contributed by atoms with van der Waals surface area (Å²) in [6.07, 6.45) is -4.64. The van der Waals surface area contributed by atoms with Crippen molar-refractivity contribution in [3.63, 3.8) is 0 Å². The lowest BCUT2D eigenvalue weighted by molar-refractivity contribution is -0.137. The molecule has 1 aliphatic rings. The molecule has 2 rings (SSSR count). The fourth-order valence-electron chi connectivity index (χ4n) is 1.89. The van der Waals surface area contributed by atoms with Gasteiger partial charge in [0.05, 0.1) is 18.7 Å². The molecule has 4 nitrogen and oxygen atoms in total. The number of likely N-dealkylation sites (tertiary alicyclic amines) is 1. The van der Waals surface area contributed by atoms with E-state index in [0.29, 0.717) is 13.1 Å². The molecule has 0 aliphatic carbocycles. The standard InChI is InChI=1S/C13H15F3N2O2/c1-17(2)12(19)18-7-11(8-18)20-10-5-3-4-9(6-10)13(14,15)16/h3-6,11H,7-8H2,1-2H3. The number of amides is 2. The minimum atomic E-state index is -4.38. The van der Waals surface area contributed by atoms with Gasteiger partial charge in [-0.2, -0.15) is 13.2 Å². The van der Waals surface area contributed by atoms with Gasteiger partial charge in [0.15, 0.2) is 0 Å². The summed E-state index contributed by atoms with van der Waals surface area (Å²) in [7, 11) is 3.28. The predicted octanol–water partition coefficient (Wildman–Crippen LogP) is 2.45. The van der Waals surface area contributed by atoms with E-state index in [1.54, 1.807) is 19.0 Å². The van der Waals surface area contributed by atoms with Crippen molar-refractivity contribution in [1.29, 1.82) is 0 Å². The van der Waals surface area contributed by atoms with E-state index < -0.39 is 11.7 Å². The Kier molecular flexibility index (Phi) is 3.78. The Labute approximate surface area is 114 Å². The van der Waals surface area contributed by atoms with Gasteiger partial charge in [0.1, 0.15) is 11.9 Å². The molecule has 1 heterocycles. The molecule has 110 valence electrons. The molecule has 0 unspecified atom stereocenters. The second-order valence-corrected chi connectivity index (χ2v) is 4.85. The van der Waals surface area contributed by atoms with Crippen molar-refractivity contribution in [3.8, 4) is 5.75 Å². The molecule has 20 heavy (non-hydrogen) atoms. The maximum Gasteiger partial charge on any atom is 0.416 e.